The van der Waals surface area contributed by atoms with Crippen molar-refractivity contribution in [2.45, 2.75) is 23.2 Å². The van der Waals surface area contributed by atoms with Gasteiger partial charge in [-0.2, -0.15) is 12.6 Å². The van der Waals surface area contributed by atoms with Crippen LogP contribution in [0.15, 0.2) is 11.3 Å². The second kappa shape index (κ2) is 3.11. The van der Waals surface area contributed by atoms with Crippen molar-refractivity contribution in [3.8, 4) is 0 Å². The summed E-state index contributed by atoms with van der Waals surface area (Å²) in [6.45, 7) is -0.281. The lowest BCUT2D eigenvalue weighted by atomic mass is 10.1. The van der Waals surface area contributed by atoms with Crippen LogP contribution < -0.4 is 0 Å². The fraction of sp³-hybridized carbons (Fsp3) is 0.750. The largest absolute Gasteiger partial charge is 0.507 e. The molecule has 0 amide bonds. The quantitative estimate of drug-likeness (QED) is 0.458. The molecular formula is C8H12O5S. The summed E-state index contributed by atoms with van der Waals surface area (Å²) in [7, 11) is 1.37. The molecule has 3 N–H and O–H groups in total. The van der Waals surface area contributed by atoms with Gasteiger partial charge in [-0.15, -0.1) is 0 Å². The second-order valence-electron chi connectivity index (χ2n) is 3.40. The van der Waals surface area contributed by atoms with Crippen molar-refractivity contribution in [1.82, 2.24) is 0 Å². The Kier molecular flexibility index (Phi) is 2.28. The zero-order valence-corrected chi connectivity index (χ0v) is 8.44. The molecule has 0 spiro atoms. The number of thiol groups is 1. The van der Waals surface area contributed by atoms with Crippen LogP contribution in [0.5, 0.6) is 0 Å². The molecule has 1 fully saturated rings. The summed E-state index contributed by atoms with van der Waals surface area (Å²) in [5, 5.41) is 28.1. The van der Waals surface area contributed by atoms with Gasteiger partial charge in [-0.3, -0.25) is 0 Å². The van der Waals surface area contributed by atoms with Crippen LogP contribution in [0, 0.1) is 0 Å². The van der Waals surface area contributed by atoms with E-state index >= 15 is 0 Å². The van der Waals surface area contributed by atoms with Crippen LogP contribution in [0.2, 0.25) is 0 Å². The van der Waals surface area contributed by atoms with E-state index in [0.717, 1.165) is 0 Å². The molecule has 2 aliphatic rings. The molecule has 1 heterocycles. The highest BCUT2D eigenvalue weighted by molar-refractivity contribution is 7.82. The first-order valence-electron chi connectivity index (χ1n) is 4.20. The van der Waals surface area contributed by atoms with Gasteiger partial charge in [0.25, 0.3) is 0 Å². The first kappa shape index (κ1) is 10.3. The Bertz CT molecular complexity index is 291. The number of hydrogen-bond donors (Lipinski definition) is 4. The summed E-state index contributed by atoms with van der Waals surface area (Å²) in [6.07, 6.45) is -2.45. The third kappa shape index (κ3) is 1.06. The topological polar surface area (TPSA) is 79.2 Å². The summed E-state index contributed by atoms with van der Waals surface area (Å²) in [5.74, 6) is -0.139. The molecule has 1 unspecified atom stereocenters. The molecule has 6 heteroatoms. The Labute approximate surface area is 86.4 Å². The molecule has 80 valence electrons. The highest BCUT2D eigenvalue weighted by atomic mass is 32.1. The average molecular weight is 220 g/mol. The molecule has 0 saturated heterocycles. The van der Waals surface area contributed by atoms with Gasteiger partial charge in [0.05, 0.1) is 11.4 Å². The fourth-order valence-electron chi connectivity index (χ4n) is 1.81. The monoisotopic (exact) mass is 220 g/mol. The predicted molar refractivity (Wildman–Crippen MR) is 50.1 cm³/mol. The van der Waals surface area contributed by atoms with E-state index in [4.69, 9.17) is 14.6 Å². The van der Waals surface area contributed by atoms with Gasteiger partial charge < -0.3 is 24.8 Å². The van der Waals surface area contributed by atoms with Crippen molar-refractivity contribution >= 4 is 12.6 Å². The summed E-state index contributed by atoms with van der Waals surface area (Å²) >= 11 is 4.19. The Hall–Kier alpha value is -0.270. The summed E-state index contributed by atoms with van der Waals surface area (Å²) in [4.78, 5) is 0. The van der Waals surface area contributed by atoms with Gasteiger partial charge in [-0.1, -0.05) is 0 Å². The van der Waals surface area contributed by atoms with Gasteiger partial charge in [0.2, 0.25) is 6.29 Å². The first-order chi connectivity index (χ1) is 6.57. The molecule has 14 heavy (non-hydrogen) atoms. The number of aliphatic hydroxyl groups is 3. The maximum atomic E-state index is 9.57. The van der Waals surface area contributed by atoms with Crippen LogP contribution in [-0.2, 0) is 9.47 Å². The van der Waals surface area contributed by atoms with Crippen molar-refractivity contribution in [1.29, 1.82) is 0 Å². The molecule has 4 atom stereocenters. The van der Waals surface area contributed by atoms with Crippen molar-refractivity contribution in [2.75, 3.05) is 13.7 Å². The fourth-order valence-corrected chi connectivity index (χ4v) is 2.25. The molecule has 0 bridgehead atoms. The highest BCUT2D eigenvalue weighted by Gasteiger charge is 2.67. The molecule has 0 aromatic heterocycles. The molecule has 1 aliphatic carbocycles. The molecule has 0 aromatic rings. The zero-order valence-electron chi connectivity index (χ0n) is 7.54. The SMILES string of the molecule is CO[C@H]1OC(CO)[C@@]2(S)C(=C1O)[C@H]2O. The van der Waals surface area contributed by atoms with Crippen LogP contribution in [-0.4, -0.2) is 52.3 Å². The van der Waals surface area contributed by atoms with Crippen LogP contribution in [0.25, 0.3) is 0 Å². The second-order valence-corrected chi connectivity index (χ2v) is 4.14. The van der Waals surface area contributed by atoms with E-state index in [1.165, 1.54) is 7.11 Å². The van der Waals surface area contributed by atoms with E-state index in [2.05, 4.69) is 12.6 Å². The molecule has 5 nitrogen and oxygen atoms in total. The van der Waals surface area contributed by atoms with Crippen LogP contribution in [0.3, 0.4) is 0 Å². The molecule has 0 aromatic carbocycles. The predicted octanol–water partition coefficient (Wildman–Crippen LogP) is -0.795. The third-order valence-electron chi connectivity index (χ3n) is 2.70. The molecule has 1 saturated carbocycles. The Morgan fingerprint density at radius 3 is 2.79 bits per heavy atom. The van der Waals surface area contributed by atoms with Gasteiger partial charge in [-0.25, -0.2) is 0 Å². The van der Waals surface area contributed by atoms with E-state index in [9.17, 15) is 10.2 Å². The van der Waals surface area contributed by atoms with E-state index in [-0.39, 0.29) is 12.4 Å². The number of aliphatic hydroxyl groups excluding tert-OH is 3. The van der Waals surface area contributed by atoms with E-state index in [1.54, 1.807) is 0 Å². The lowest BCUT2D eigenvalue weighted by Gasteiger charge is -2.29. The minimum Gasteiger partial charge on any atom is -0.507 e. The zero-order chi connectivity index (χ0) is 10.5. The summed E-state index contributed by atoms with van der Waals surface area (Å²) in [5.41, 5.74) is 0.387. The molecule has 2 rings (SSSR count). The standard InChI is InChI=1S/C8H12O5S/c1-12-7-5(10)4-6(11)8(4,14)3(2-9)13-7/h3,6-7,9-11,14H,2H2,1H3/t3?,6-,7+,8-/m1/s1. The lowest BCUT2D eigenvalue weighted by Crippen LogP contribution is -2.40. The van der Waals surface area contributed by atoms with Crippen LogP contribution in [0.1, 0.15) is 0 Å². The highest BCUT2D eigenvalue weighted by Crippen LogP contribution is 2.56. The Balaban J connectivity index is 2.34. The number of rotatable bonds is 2. The Morgan fingerprint density at radius 2 is 2.29 bits per heavy atom. The normalized spacial score (nSPS) is 46.4. The van der Waals surface area contributed by atoms with Gasteiger partial charge >= 0.3 is 0 Å². The van der Waals surface area contributed by atoms with Crippen LogP contribution >= 0.6 is 12.6 Å². The minimum atomic E-state index is -0.951. The van der Waals surface area contributed by atoms with Crippen molar-refractivity contribution in [3.05, 3.63) is 11.3 Å². The summed E-state index contributed by atoms with van der Waals surface area (Å²) < 4.78 is 9.10. The van der Waals surface area contributed by atoms with Gasteiger partial charge in [0.15, 0.2) is 5.76 Å². The molecule has 0 radical (unpaired) electrons. The number of hydrogen-bond acceptors (Lipinski definition) is 6. The van der Waals surface area contributed by atoms with E-state index < -0.39 is 23.2 Å². The van der Waals surface area contributed by atoms with Gasteiger partial charge in [0.1, 0.15) is 12.2 Å². The summed E-state index contributed by atoms with van der Waals surface area (Å²) in [6, 6.07) is 0. The average Bonchev–Trinajstić information content (AvgIpc) is 2.72. The third-order valence-corrected chi connectivity index (χ3v) is 3.47. The number of methoxy groups -OCH3 is 1. The molecule has 1 aliphatic heterocycles. The van der Waals surface area contributed by atoms with Crippen molar-refractivity contribution in [3.63, 3.8) is 0 Å². The number of fused-ring (bicyclic) bond motifs is 1. The van der Waals surface area contributed by atoms with Crippen molar-refractivity contribution in [2.24, 2.45) is 0 Å². The van der Waals surface area contributed by atoms with E-state index in [1.807, 2.05) is 0 Å². The minimum absolute atomic E-state index is 0.139. The number of ether oxygens (including phenoxy) is 2. The van der Waals surface area contributed by atoms with Gasteiger partial charge in [0, 0.05) is 12.7 Å². The lowest BCUT2D eigenvalue weighted by molar-refractivity contribution is -0.166. The molecular weight excluding hydrogens is 208 g/mol. The Morgan fingerprint density at radius 1 is 1.64 bits per heavy atom. The smallest absolute Gasteiger partial charge is 0.216 e. The van der Waals surface area contributed by atoms with Crippen molar-refractivity contribution < 1.29 is 24.8 Å². The van der Waals surface area contributed by atoms with E-state index in [0.29, 0.717) is 5.57 Å². The maximum absolute atomic E-state index is 9.57. The first-order valence-corrected chi connectivity index (χ1v) is 4.65. The van der Waals surface area contributed by atoms with Crippen LogP contribution in [0.4, 0.5) is 0 Å². The van der Waals surface area contributed by atoms with Gasteiger partial charge in [-0.05, 0) is 0 Å². The maximum Gasteiger partial charge on any atom is 0.216 e.